The Morgan fingerprint density at radius 3 is 2.35 bits per heavy atom. The molecule has 4 nitrogen and oxygen atoms in total. The van der Waals surface area contributed by atoms with E-state index in [1.54, 1.807) is 42.5 Å². The summed E-state index contributed by atoms with van der Waals surface area (Å²) in [5.41, 5.74) is 2.37. The van der Waals surface area contributed by atoms with Gasteiger partial charge in [0.15, 0.2) is 5.78 Å². The molecule has 0 saturated carbocycles. The third-order valence-corrected chi connectivity index (χ3v) is 3.14. The fourth-order valence-electron chi connectivity index (χ4n) is 1.96. The number of anilines is 1. The van der Waals surface area contributed by atoms with Gasteiger partial charge in [0, 0.05) is 11.1 Å². The number of amides is 1. The molecule has 23 heavy (non-hydrogen) atoms. The summed E-state index contributed by atoms with van der Waals surface area (Å²) in [7, 11) is 0. The van der Waals surface area contributed by atoms with Crippen LogP contribution in [0.5, 0.6) is 5.75 Å². The van der Waals surface area contributed by atoms with E-state index in [-0.39, 0.29) is 11.7 Å². The van der Waals surface area contributed by atoms with Crippen LogP contribution < -0.4 is 10.1 Å². The third kappa shape index (κ3) is 4.54. The van der Waals surface area contributed by atoms with Crippen LogP contribution in [0, 0.1) is 0 Å². The van der Waals surface area contributed by atoms with Crippen LogP contribution in [0.2, 0.25) is 0 Å². The Hall–Kier alpha value is -2.88. The molecule has 0 atom stereocenters. The van der Waals surface area contributed by atoms with Crippen LogP contribution in [0.3, 0.4) is 0 Å². The summed E-state index contributed by atoms with van der Waals surface area (Å²) in [5, 5.41) is 2.80. The van der Waals surface area contributed by atoms with Crippen LogP contribution in [0.1, 0.15) is 34.6 Å². The number of Topliss-reactive ketones (excluding diaryl/α,β-unsaturated/α-hetero) is 1. The van der Waals surface area contributed by atoms with Crippen molar-refractivity contribution in [2.24, 2.45) is 0 Å². The molecule has 0 heterocycles. The van der Waals surface area contributed by atoms with Gasteiger partial charge >= 0.3 is 0 Å². The quantitative estimate of drug-likeness (QED) is 0.645. The Bertz CT molecular complexity index is 736. The average Bonchev–Trinajstić information content (AvgIpc) is 2.54. The van der Waals surface area contributed by atoms with E-state index in [0.29, 0.717) is 29.2 Å². The minimum atomic E-state index is -0.258. The van der Waals surface area contributed by atoms with Gasteiger partial charge in [-0.05, 0) is 49.8 Å². The Kier molecular flexibility index (Phi) is 5.31. The van der Waals surface area contributed by atoms with Gasteiger partial charge in [0.05, 0.1) is 5.69 Å². The molecule has 2 aromatic rings. The molecule has 0 aliphatic heterocycles. The monoisotopic (exact) mass is 309 g/mol. The van der Waals surface area contributed by atoms with Crippen LogP contribution in [-0.2, 0) is 0 Å². The smallest absolute Gasteiger partial charge is 0.255 e. The van der Waals surface area contributed by atoms with Gasteiger partial charge in [-0.3, -0.25) is 9.59 Å². The molecule has 1 N–H and O–H groups in total. The van der Waals surface area contributed by atoms with E-state index in [4.69, 9.17) is 4.74 Å². The maximum atomic E-state index is 12.3. The van der Waals surface area contributed by atoms with Crippen molar-refractivity contribution in [1.82, 2.24) is 0 Å². The Morgan fingerprint density at radius 1 is 1.04 bits per heavy atom. The van der Waals surface area contributed by atoms with Crippen molar-refractivity contribution in [3.63, 3.8) is 0 Å². The third-order valence-electron chi connectivity index (χ3n) is 3.14. The highest BCUT2D eigenvalue weighted by atomic mass is 16.5. The molecule has 0 spiro atoms. The van der Waals surface area contributed by atoms with Gasteiger partial charge in [-0.1, -0.05) is 24.8 Å². The second-order valence-electron chi connectivity index (χ2n) is 5.33. The van der Waals surface area contributed by atoms with E-state index >= 15 is 0 Å². The molecule has 0 fully saturated rings. The first kappa shape index (κ1) is 16.5. The predicted octanol–water partition coefficient (Wildman–Crippen LogP) is 4.10. The summed E-state index contributed by atoms with van der Waals surface area (Å²) in [6, 6.07) is 13.8. The molecule has 2 aromatic carbocycles. The molecule has 4 heteroatoms. The molecule has 0 saturated heterocycles. The normalized spacial score (nSPS) is 10.0. The molecule has 1 amide bonds. The lowest BCUT2D eigenvalue weighted by atomic mass is 10.1. The van der Waals surface area contributed by atoms with Gasteiger partial charge in [0.1, 0.15) is 12.4 Å². The molecule has 0 bridgehead atoms. The van der Waals surface area contributed by atoms with Gasteiger partial charge in [0.2, 0.25) is 0 Å². The number of carbonyl (C=O) groups is 2. The van der Waals surface area contributed by atoms with Crippen molar-refractivity contribution < 1.29 is 14.3 Å². The minimum Gasteiger partial charge on any atom is -0.487 e. The fourth-order valence-corrected chi connectivity index (χ4v) is 1.96. The van der Waals surface area contributed by atoms with Gasteiger partial charge < -0.3 is 10.1 Å². The van der Waals surface area contributed by atoms with Crippen LogP contribution >= 0.6 is 0 Å². The highest BCUT2D eigenvalue weighted by Crippen LogP contribution is 2.27. The zero-order chi connectivity index (χ0) is 16.8. The first-order valence-electron chi connectivity index (χ1n) is 7.26. The number of hydrogen-bond donors (Lipinski definition) is 1. The second-order valence-corrected chi connectivity index (χ2v) is 5.33. The number of rotatable bonds is 6. The Labute approximate surface area is 135 Å². The zero-order valence-electron chi connectivity index (χ0n) is 13.3. The minimum absolute atomic E-state index is 0.0772. The molecule has 118 valence electrons. The van der Waals surface area contributed by atoms with E-state index in [1.807, 2.05) is 13.0 Å². The van der Waals surface area contributed by atoms with Gasteiger partial charge in [-0.25, -0.2) is 0 Å². The standard InChI is InChI=1S/C19H19NO3/c1-13(2)12-23-18-10-9-16(14(3)21)11-17(18)20-19(22)15-7-5-4-6-8-15/h4-11H,1,12H2,2-3H3,(H,20,22). The summed E-state index contributed by atoms with van der Waals surface area (Å²) < 4.78 is 5.64. The van der Waals surface area contributed by atoms with E-state index in [2.05, 4.69) is 11.9 Å². The summed E-state index contributed by atoms with van der Waals surface area (Å²) in [5.74, 6) is 0.167. The van der Waals surface area contributed by atoms with Crippen LogP contribution in [0.4, 0.5) is 5.69 Å². The maximum absolute atomic E-state index is 12.3. The van der Waals surface area contributed by atoms with Crippen molar-refractivity contribution >= 4 is 17.4 Å². The van der Waals surface area contributed by atoms with E-state index in [0.717, 1.165) is 5.57 Å². The van der Waals surface area contributed by atoms with Crippen LogP contribution in [0.25, 0.3) is 0 Å². The largest absolute Gasteiger partial charge is 0.487 e. The number of ketones is 1. The van der Waals surface area contributed by atoms with Crippen molar-refractivity contribution in [2.75, 3.05) is 11.9 Å². The van der Waals surface area contributed by atoms with Gasteiger partial charge in [0.25, 0.3) is 5.91 Å². The summed E-state index contributed by atoms with van der Waals surface area (Å²) in [6.45, 7) is 7.46. The number of carbonyl (C=O) groups excluding carboxylic acids is 2. The SMILES string of the molecule is C=C(C)COc1ccc(C(C)=O)cc1NC(=O)c1ccccc1. The molecule has 0 radical (unpaired) electrons. The topological polar surface area (TPSA) is 55.4 Å². The first-order valence-corrected chi connectivity index (χ1v) is 7.26. The van der Waals surface area contributed by atoms with Gasteiger partial charge in [-0.2, -0.15) is 0 Å². The Balaban J connectivity index is 2.29. The van der Waals surface area contributed by atoms with E-state index < -0.39 is 0 Å². The van der Waals surface area contributed by atoms with Crippen LogP contribution in [0.15, 0.2) is 60.7 Å². The number of ether oxygens (including phenoxy) is 1. The summed E-state index contributed by atoms with van der Waals surface area (Å²) >= 11 is 0. The van der Waals surface area contributed by atoms with Crippen molar-refractivity contribution in [3.05, 3.63) is 71.8 Å². The maximum Gasteiger partial charge on any atom is 0.255 e. The molecular formula is C19H19NO3. The van der Waals surface area contributed by atoms with Crippen molar-refractivity contribution in [1.29, 1.82) is 0 Å². The first-order chi connectivity index (χ1) is 11.0. The molecule has 0 aliphatic rings. The van der Waals surface area contributed by atoms with E-state index in [1.165, 1.54) is 6.92 Å². The molecule has 2 rings (SSSR count). The zero-order valence-corrected chi connectivity index (χ0v) is 13.3. The average molecular weight is 309 g/mol. The second kappa shape index (κ2) is 7.40. The van der Waals surface area contributed by atoms with Gasteiger partial charge in [-0.15, -0.1) is 0 Å². The lowest BCUT2D eigenvalue weighted by Crippen LogP contribution is -2.13. The lowest BCUT2D eigenvalue weighted by molar-refractivity contribution is 0.101. The number of nitrogens with one attached hydrogen (secondary N) is 1. The lowest BCUT2D eigenvalue weighted by Gasteiger charge is -2.14. The fraction of sp³-hybridized carbons (Fsp3) is 0.158. The van der Waals surface area contributed by atoms with Crippen molar-refractivity contribution in [2.45, 2.75) is 13.8 Å². The van der Waals surface area contributed by atoms with E-state index in [9.17, 15) is 9.59 Å². The Morgan fingerprint density at radius 2 is 1.74 bits per heavy atom. The highest BCUT2D eigenvalue weighted by molar-refractivity contribution is 6.06. The number of benzene rings is 2. The predicted molar refractivity (Wildman–Crippen MR) is 91.2 cm³/mol. The molecule has 0 unspecified atom stereocenters. The summed E-state index contributed by atoms with van der Waals surface area (Å²) in [4.78, 5) is 23.9. The van der Waals surface area contributed by atoms with Crippen molar-refractivity contribution in [3.8, 4) is 5.75 Å². The highest BCUT2D eigenvalue weighted by Gasteiger charge is 2.12. The summed E-state index contributed by atoms with van der Waals surface area (Å²) in [6.07, 6.45) is 0. The number of hydrogen-bond acceptors (Lipinski definition) is 3. The van der Waals surface area contributed by atoms with Crippen LogP contribution in [-0.4, -0.2) is 18.3 Å². The molecule has 0 aliphatic carbocycles. The molecule has 0 aromatic heterocycles. The molecular weight excluding hydrogens is 290 g/mol.